The van der Waals surface area contributed by atoms with Crippen molar-refractivity contribution < 1.29 is 57.7 Å². The predicted molar refractivity (Wildman–Crippen MR) is 21.8 cm³/mol. The second-order valence-corrected chi connectivity index (χ2v) is 0.680. The molecule has 0 aromatic heterocycles. The van der Waals surface area contributed by atoms with Crippen molar-refractivity contribution in [3.63, 3.8) is 0 Å². The van der Waals surface area contributed by atoms with Crippen LogP contribution in [0.25, 0.3) is 0 Å². The summed E-state index contributed by atoms with van der Waals surface area (Å²) in [5.74, 6) is 0. The Hall–Kier alpha value is 1.16. The van der Waals surface area contributed by atoms with Gasteiger partial charge in [-0.1, -0.05) is 0 Å². The molecule has 0 aromatic rings. The van der Waals surface area contributed by atoms with Crippen LogP contribution in [0.15, 0.2) is 0 Å². The predicted octanol–water partition coefficient (Wildman–Crippen LogP) is -3.83. The number of rotatable bonds is 0. The van der Waals surface area contributed by atoms with Crippen LogP contribution in [0.2, 0.25) is 0 Å². The van der Waals surface area contributed by atoms with E-state index < -0.39 is 8.85 Å². The van der Waals surface area contributed by atoms with Crippen molar-refractivity contribution in [2.75, 3.05) is 0 Å². The van der Waals surface area contributed by atoms with E-state index in [2.05, 4.69) is 0 Å². The van der Waals surface area contributed by atoms with Crippen LogP contribution >= 0.6 is 8.85 Å². The van der Waals surface area contributed by atoms with E-state index >= 15 is 0 Å². The maximum atomic E-state index is 9.73. The molecule has 0 heterocycles. The monoisotopic (exact) mass is 173 g/mol. The largest absolute Gasteiger partial charge is 1.00 e. The van der Waals surface area contributed by atoms with E-state index in [9.17, 15) is 12.6 Å². The first kappa shape index (κ1) is 22.5. The average Bonchev–Trinajstić information content (AvgIpc) is 1.33. The van der Waals surface area contributed by atoms with Gasteiger partial charge in [-0.15, -0.1) is 0 Å². The minimum absolute atomic E-state index is 0. The first-order chi connectivity index (χ1) is 3.15. The Bertz CT molecular complexity index is 30.3. The van der Waals surface area contributed by atoms with E-state index in [4.69, 9.17) is 10.0 Å². The van der Waals surface area contributed by atoms with Gasteiger partial charge in [-0.05, 0) is 0 Å². The van der Waals surface area contributed by atoms with E-state index in [1.165, 1.54) is 0 Å². The van der Waals surface area contributed by atoms with Crippen LogP contribution in [-0.4, -0.2) is 18.2 Å². The topological polar surface area (TPSA) is 74.8 Å². The van der Waals surface area contributed by atoms with Gasteiger partial charge in [0, 0.05) is 0 Å². The molecule has 9 heavy (non-hydrogen) atoms. The van der Waals surface area contributed by atoms with E-state index in [0.717, 1.165) is 0 Å². The number of halogens is 3. The van der Waals surface area contributed by atoms with Gasteiger partial charge in [0.25, 0.3) is 0 Å². The minimum atomic E-state index is -4.12. The summed E-state index contributed by atoms with van der Waals surface area (Å²) in [4.78, 5) is 0. The van der Waals surface area contributed by atoms with Crippen molar-refractivity contribution in [1.29, 1.82) is 0 Å². The van der Waals surface area contributed by atoms with Gasteiger partial charge in [-0.3, -0.25) is 0 Å². The second kappa shape index (κ2) is 22.9. The Kier molecular flexibility index (Phi) is 57.2. The zero-order valence-electron chi connectivity index (χ0n) is 4.51. The molecule has 51 valence electrons. The molecule has 3 N–H and O–H groups in total. The summed E-state index contributed by atoms with van der Waals surface area (Å²) in [7, 11) is -4.37. The van der Waals surface area contributed by atoms with Gasteiger partial charge in [-0.25, -0.2) is 0 Å². The molecule has 0 unspecified atom stereocenters. The van der Waals surface area contributed by atoms with Crippen molar-refractivity contribution in [2.45, 2.75) is 0 Å². The third kappa shape index (κ3) is 347. The maximum absolute atomic E-state index is 9.73. The Morgan fingerprint density at radius 3 is 1.33 bits per heavy atom. The SMILES string of the molecule is FP(F)F.O.[Na+].[O-][B]O. The first-order valence-corrected chi connectivity index (χ1v) is 2.02. The zero-order chi connectivity index (χ0) is 6.28. The Balaban J connectivity index is -0.0000000233. The molecule has 0 fully saturated rings. The Labute approximate surface area is 74.3 Å². The molecule has 0 spiro atoms. The second-order valence-electron chi connectivity index (χ2n) is 0.297. The van der Waals surface area contributed by atoms with Crippen molar-refractivity contribution in [1.82, 2.24) is 0 Å². The molecule has 0 aliphatic carbocycles. The van der Waals surface area contributed by atoms with Crippen LogP contribution in [0.1, 0.15) is 0 Å². The van der Waals surface area contributed by atoms with Crippen LogP contribution in [0.4, 0.5) is 12.6 Å². The molecule has 9 heteroatoms. The van der Waals surface area contributed by atoms with E-state index in [-0.39, 0.29) is 42.7 Å². The molecule has 0 aromatic carbocycles. The molecule has 0 saturated carbocycles. The quantitative estimate of drug-likeness (QED) is 0.301. The molecule has 0 bridgehead atoms. The van der Waals surface area contributed by atoms with Gasteiger partial charge >= 0.3 is 38.4 Å². The molecule has 0 amide bonds. The fourth-order valence-electron chi connectivity index (χ4n) is 0. The molecule has 0 aliphatic heterocycles. The molecule has 0 atom stereocenters. The first-order valence-electron chi connectivity index (χ1n) is 1.00. The molecule has 0 rings (SSSR count). The Morgan fingerprint density at radius 2 is 1.33 bits per heavy atom. The molecule has 3 nitrogen and oxygen atoms in total. The molecule has 0 aliphatic rings. The third-order valence-electron chi connectivity index (χ3n) is 0. The van der Waals surface area contributed by atoms with E-state index in [0.29, 0.717) is 0 Å². The van der Waals surface area contributed by atoms with Crippen molar-refractivity contribution in [3.05, 3.63) is 0 Å². The summed E-state index contributed by atoms with van der Waals surface area (Å²) < 4.78 is 29.2. The summed E-state index contributed by atoms with van der Waals surface area (Å²) in [6.07, 6.45) is 0. The molecular formula is H3BF3NaO3P. The zero-order valence-corrected chi connectivity index (χ0v) is 7.41. The van der Waals surface area contributed by atoms with Crippen LogP contribution in [0, 0.1) is 0 Å². The van der Waals surface area contributed by atoms with Gasteiger partial charge in [0.15, 0.2) is 7.69 Å². The van der Waals surface area contributed by atoms with Crippen molar-refractivity contribution in [2.24, 2.45) is 0 Å². The number of hydrogen-bond donors (Lipinski definition) is 1. The van der Waals surface area contributed by atoms with Crippen LogP contribution in [-0.2, 0) is 0 Å². The average molecular weight is 173 g/mol. The molecule has 0 saturated heterocycles. The van der Waals surface area contributed by atoms with Crippen LogP contribution < -0.4 is 34.6 Å². The van der Waals surface area contributed by atoms with Crippen LogP contribution in [0.3, 0.4) is 0 Å². The number of hydrogen-bond acceptors (Lipinski definition) is 2. The van der Waals surface area contributed by atoms with Crippen molar-refractivity contribution in [3.8, 4) is 0 Å². The summed E-state index contributed by atoms with van der Waals surface area (Å²) in [6.45, 7) is 0. The molecule has 1 radical (unpaired) electrons. The summed E-state index contributed by atoms with van der Waals surface area (Å²) >= 11 is 0. The summed E-state index contributed by atoms with van der Waals surface area (Å²) in [5.41, 5.74) is 0. The van der Waals surface area contributed by atoms with Gasteiger partial charge in [0.05, 0.1) is 0 Å². The molecular weight excluding hydrogens is 170 g/mol. The van der Waals surface area contributed by atoms with Gasteiger partial charge in [0.2, 0.25) is 0 Å². The normalized spacial score (nSPS) is 5.56. The standard InChI is InChI=1S/BHO2.F3P.Na.H2O/c2-1-3;1-4(2)3;;/h2H;;;1H2/q-1;;+1;. The van der Waals surface area contributed by atoms with Crippen molar-refractivity contribution >= 4 is 16.5 Å². The Morgan fingerprint density at radius 1 is 1.33 bits per heavy atom. The van der Waals surface area contributed by atoms with E-state index in [1.807, 2.05) is 0 Å². The fourth-order valence-corrected chi connectivity index (χ4v) is 0. The third-order valence-corrected chi connectivity index (χ3v) is 0. The summed E-state index contributed by atoms with van der Waals surface area (Å²) in [6, 6.07) is 0. The summed E-state index contributed by atoms with van der Waals surface area (Å²) in [5, 5.41) is 15.2. The van der Waals surface area contributed by atoms with E-state index in [1.54, 1.807) is 0 Å². The minimum Gasteiger partial charge on any atom is -0.861 e. The smallest absolute Gasteiger partial charge is 0.861 e. The van der Waals surface area contributed by atoms with Gasteiger partial charge in [-0.2, -0.15) is 12.6 Å². The maximum Gasteiger partial charge on any atom is 1.00 e. The fraction of sp³-hybridized carbons (Fsp3) is 0. The van der Waals surface area contributed by atoms with Gasteiger partial charge < -0.3 is 15.5 Å². The van der Waals surface area contributed by atoms with Gasteiger partial charge in [0.1, 0.15) is 0 Å². The van der Waals surface area contributed by atoms with Crippen LogP contribution in [0.5, 0.6) is 0 Å².